The molecule has 3 nitrogen and oxygen atoms in total. The van der Waals surface area contributed by atoms with Gasteiger partial charge in [0.05, 0.1) is 12.5 Å². The SMILES string of the molecule is CC1CCc2cc(C(C)(C)CC(=O)O)ccc2O1. The van der Waals surface area contributed by atoms with Crippen LogP contribution in [0.25, 0.3) is 0 Å². The first-order chi connectivity index (χ1) is 8.38. The van der Waals surface area contributed by atoms with Crippen LogP contribution in [0.2, 0.25) is 0 Å². The molecule has 0 spiro atoms. The summed E-state index contributed by atoms with van der Waals surface area (Å²) < 4.78 is 5.76. The van der Waals surface area contributed by atoms with Gasteiger partial charge in [0.15, 0.2) is 0 Å². The van der Waals surface area contributed by atoms with Crippen LogP contribution in [0.5, 0.6) is 5.75 Å². The third-order valence-electron chi connectivity index (χ3n) is 3.58. The van der Waals surface area contributed by atoms with Crippen LogP contribution in [0.1, 0.15) is 44.7 Å². The van der Waals surface area contributed by atoms with Crippen LogP contribution in [0.15, 0.2) is 18.2 Å². The molecule has 1 aromatic carbocycles. The Morgan fingerprint density at radius 1 is 1.50 bits per heavy atom. The number of aryl methyl sites for hydroxylation is 1. The topological polar surface area (TPSA) is 46.5 Å². The Balaban J connectivity index is 2.28. The van der Waals surface area contributed by atoms with E-state index in [4.69, 9.17) is 9.84 Å². The van der Waals surface area contributed by atoms with E-state index >= 15 is 0 Å². The average Bonchev–Trinajstić information content (AvgIpc) is 2.26. The first-order valence-electron chi connectivity index (χ1n) is 6.40. The van der Waals surface area contributed by atoms with Gasteiger partial charge < -0.3 is 9.84 Å². The van der Waals surface area contributed by atoms with Gasteiger partial charge in [-0.2, -0.15) is 0 Å². The molecular formula is C15H20O3. The predicted molar refractivity (Wildman–Crippen MR) is 70.1 cm³/mol. The summed E-state index contributed by atoms with van der Waals surface area (Å²) in [6, 6.07) is 6.06. The molecule has 0 saturated heterocycles. The number of rotatable bonds is 3. The maximum absolute atomic E-state index is 10.9. The van der Waals surface area contributed by atoms with Crippen molar-refractivity contribution in [1.82, 2.24) is 0 Å². The molecule has 0 amide bonds. The molecule has 0 aromatic heterocycles. The first kappa shape index (κ1) is 12.9. The molecule has 0 radical (unpaired) electrons. The van der Waals surface area contributed by atoms with Gasteiger partial charge in [-0.1, -0.05) is 26.0 Å². The van der Waals surface area contributed by atoms with Crippen LogP contribution < -0.4 is 4.74 Å². The summed E-state index contributed by atoms with van der Waals surface area (Å²) >= 11 is 0. The molecule has 98 valence electrons. The predicted octanol–water partition coefficient (Wildman–Crippen LogP) is 3.15. The van der Waals surface area contributed by atoms with Crippen LogP contribution in [-0.2, 0) is 16.6 Å². The molecule has 1 N–H and O–H groups in total. The second-order valence-electron chi connectivity index (χ2n) is 5.74. The maximum atomic E-state index is 10.9. The van der Waals surface area contributed by atoms with Crippen LogP contribution in [0, 0.1) is 0 Å². The van der Waals surface area contributed by atoms with E-state index in [1.807, 2.05) is 26.0 Å². The number of fused-ring (bicyclic) bond motifs is 1. The van der Waals surface area contributed by atoms with E-state index in [0.717, 1.165) is 24.2 Å². The van der Waals surface area contributed by atoms with Crippen molar-refractivity contribution in [1.29, 1.82) is 0 Å². The van der Waals surface area contributed by atoms with Gasteiger partial charge in [-0.25, -0.2) is 0 Å². The Kier molecular flexibility index (Phi) is 3.33. The molecule has 18 heavy (non-hydrogen) atoms. The fourth-order valence-electron chi connectivity index (χ4n) is 2.43. The molecule has 2 rings (SSSR count). The molecule has 1 aliphatic rings. The fraction of sp³-hybridized carbons (Fsp3) is 0.533. The minimum absolute atomic E-state index is 0.142. The van der Waals surface area contributed by atoms with E-state index in [1.54, 1.807) is 0 Å². The molecule has 1 heterocycles. The molecule has 1 aliphatic heterocycles. The van der Waals surface area contributed by atoms with Crippen molar-refractivity contribution < 1.29 is 14.6 Å². The van der Waals surface area contributed by atoms with Crippen LogP contribution in [0.3, 0.4) is 0 Å². The normalized spacial score (nSPS) is 18.9. The zero-order valence-electron chi connectivity index (χ0n) is 11.2. The third-order valence-corrected chi connectivity index (χ3v) is 3.58. The standard InChI is InChI=1S/C15H20O3/c1-10-4-5-11-8-12(6-7-13(11)18-10)15(2,3)9-14(16)17/h6-8,10H,4-5,9H2,1-3H3,(H,16,17). The summed E-state index contributed by atoms with van der Waals surface area (Å²) in [5.74, 6) is 0.186. The quantitative estimate of drug-likeness (QED) is 0.893. The van der Waals surface area contributed by atoms with Gasteiger partial charge in [-0.05, 0) is 37.0 Å². The minimum atomic E-state index is -0.761. The highest BCUT2D eigenvalue weighted by Gasteiger charge is 2.26. The highest BCUT2D eigenvalue weighted by Crippen LogP contribution is 2.34. The summed E-state index contributed by atoms with van der Waals surface area (Å²) in [5.41, 5.74) is 1.93. The molecule has 1 atom stereocenters. The molecule has 0 fully saturated rings. The largest absolute Gasteiger partial charge is 0.490 e. The lowest BCUT2D eigenvalue weighted by molar-refractivity contribution is -0.138. The third kappa shape index (κ3) is 2.66. The van der Waals surface area contributed by atoms with Crippen LogP contribution in [0.4, 0.5) is 0 Å². The highest BCUT2D eigenvalue weighted by molar-refractivity contribution is 5.69. The second kappa shape index (κ2) is 4.63. The Morgan fingerprint density at radius 3 is 2.89 bits per heavy atom. The van der Waals surface area contributed by atoms with E-state index in [0.29, 0.717) is 0 Å². The zero-order chi connectivity index (χ0) is 13.3. The number of hydrogen-bond acceptors (Lipinski definition) is 2. The Hall–Kier alpha value is -1.51. The second-order valence-corrected chi connectivity index (χ2v) is 5.74. The summed E-state index contributed by atoms with van der Waals surface area (Å²) in [5, 5.41) is 8.96. The summed E-state index contributed by atoms with van der Waals surface area (Å²) in [6.45, 7) is 6.01. The monoisotopic (exact) mass is 248 g/mol. The Bertz CT molecular complexity index is 463. The average molecular weight is 248 g/mol. The number of hydrogen-bond donors (Lipinski definition) is 1. The van der Waals surface area contributed by atoms with E-state index < -0.39 is 5.97 Å². The number of carboxylic acids is 1. The lowest BCUT2D eigenvalue weighted by Crippen LogP contribution is -2.23. The van der Waals surface area contributed by atoms with E-state index in [1.165, 1.54) is 5.56 Å². The van der Waals surface area contributed by atoms with Crippen LogP contribution in [-0.4, -0.2) is 17.2 Å². The molecule has 3 heteroatoms. The minimum Gasteiger partial charge on any atom is -0.490 e. The summed E-state index contributed by atoms with van der Waals surface area (Å²) in [7, 11) is 0. The fourth-order valence-corrected chi connectivity index (χ4v) is 2.43. The van der Waals surface area contributed by atoms with Gasteiger partial charge in [0.1, 0.15) is 5.75 Å². The molecule has 0 aliphatic carbocycles. The number of carboxylic acid groups (broad SMARTS) is 1. The van der Waals surface area contributed by atoms with E-state index in [-0.39, 0.29) is 17.9 Å². The zero-order valence-corrected chi connectivity index (χ0v) is 11.2. The Morgan fingerprint density at radius 2 is 2.22 bits per heavy atom. The van der Waals surface area contributed by atoms with Crippen LogP contribution >= 0.6 is 0 Å². The van der Waals surface area contributed by atoms with Gasteiger partial charge in [0.25, 0.3) is 0 Å². The van der Waals surface area contributed by atoms with Crippen molar-refractivity contribution in [2.75, 3.05) is 0 Å². The van der Waals surface area contributed by atoms with E-state index in [2.05, 4.69) is 13.0 Å². The van der Waals surface area contributed by atoms with Crippen molar-refractivity contribution in [3.8, 4) is 5.75 Å². The van der Waals surface area contributed by atoms with Gasteiger partial charge in [0, 0.05) is 5.41 Å². The maximum Gasteiger partial charge on any atom is 0.304 e. The molecule has 0 bridgehead atoms. The number of carbonyl (C=O) groups is 1. The van der Waals surface area contributed by atoms with Gasteiger partial charge >= 0.3 is 5.97 Å². The molecule has 1 aromatic rings. The summed E-state index contributed by atoms with van der Waals surface area (Å²) in [4.78, 5) is 10.9. The number of aliphatic carboxylic acids is 1. The lowest BCUT2D eigenvalue weighted by Gasteiger charge is -2.28. The van der Waals surface area contributed by atoms with Gasteiger partial charge in [-0.15, -0.1) is 0 Å². The van der Waals surface area contributed by atoms with Crippen molar-refractivity contribution in [3.63, 3.8) is 0 Å². The van der Waals surface area contributed by atoms with Crippen molar-refractivity contribution in [2.45, 2.75) is 51.6 Å². The first-order valence-corrected chi connectivity index (χ1v) is 6.40. The van der Waals surface area contributed by atoms with Gasteiger partial charge in [0.2, 0.25) is 0 Å². The van der Waals surface area contributed by atoms with Crippen molar-refractivity contribution >= 4 is 5.97 Å². The van der Waals surface area contributed by atoms with Crippen molar-refractivity contribution in [3.05, 3.63) is 29.3 Å². The summed E-state index contributed by atoms with van der Waals surface area (Å²) in [6.07, 6.45) is 2.45. The molecule has 1 unspecified atom stereocenters. The highest BCUT2D eigenvalue weighted by atomic mass is 16.5. The van der Waals surface area contributed by atoms with E-state index in [9.17, 15) is 4.79 Å². The number of ether oxygens (including phenoxy) is 1. The smallest absolute Gasteiger partial charge is 0.304 e. The molecule has 0 saturated carbocycles. The van der Waals surface area contributed by atoms with Gasteiger partial charge in [-0.3, -0.25) is 4.79 Å². The lowest BCUT2D eigenvalue weighted by atomic mass is 9.80. The van der Waals surface area contributed by atoms with Crippen molar-refractivity contribution in [2.24, 2.45) is 0 Å². The number of benzene rings is 1. The molecular weight excluding hydrogens is 228 g/mol. The Labute approximate surface area is 108 Å².